The van der Waals surface area contributed by atoms with E-state index >= 15 is 0 Å². The molecular weight excluding hydrogens is 469 g/mol. The summed E-state index contributed by atoms with van der Waals surface area (Å²) in [4.78, 5) is 19.7. The van der Waals surface area contributed by atoms with E-state index < -0.39 is 12.6 Å². The van der Waals surface area contributed by atoms with Crippen molar-refractivity contribution in [3.63, 3.8) is 0 Å². The Bertz CT molecular complexity index is 1490. The molecule has 0 aliphatic carbocycles. The van der Waals surface area contributed by atoms with Gasteiger partial charge in [-0.2, -0.15) is 0 Å². The number of nitrogens with zero attached hydrogens (tertiary/aromatic N) is 2. The molecule has 176 valence electrons. The molecule has 9 heteroatoms. The van der Waals surface area contributed by atoms with Gasteiger partial charge in [-0.3, -0.25) is 0 Å². The molecule has 0 saturated carbocycles. The maximum atomic E-state index is 10.9. The number of rotatable bonds is 8. The predicted octanol–water partition coefficient (Wildman–Crippen LogP) is 5.12. The van der Waals surface area contributed by atoms with Crippen molar-refractivity contribution in [2.24, 2.45) is 0 Å². The predicted molar refractivity (Wildman–Crippen MR) is 139 cm³/mol. The average molecular weight is 491 g/mol. The van der Waals surface area contributed by atoms with Gasteiger partial charge in [0.25, 0.3) is 0 Å². The summed E-state index contributed by atoms with van der Waals surface area (Å²) < 4.78 is 16.9. The van der Waals surface area contributed by atoms with Crippen molar-refractivity contribution in [1.29, 1.82) is 0 Å². The second kappa shape index (κ2) is 11.3. The number of aromatic nitrogens is 2. The van der Waals surface area contributed by atoms with E-state index in [2.05, 4.69) is 15.3 Å². The van der Waals surface area contributed by atoms with Crippen LogP contribution >= 0.6 is 0 Å². The second-order valence-corrected chi connectivity index (χ2v) is 7.64. The summed E-state index contributed by atoms with van der Waals surface area (Å²) in [5.41, 5.74) is 3.78. The van der Waals surface area contributed by atoms with Crippen molar-refractivity contribution < 1.29 is 23.8 Å². The number of methoxy groups -OCH3 is 1. The fraction of sp³-hybridized carbons (Fsp3) is 0.0741. The fourth-order valence-corrected chi connectivity index (χ4v) is 3.80. The molecule has 0 aliphatic heterocycles. The Morgan fingerprint density at radius 1 is 0.944 bits per heavy atom. The monoisotopic (exact) mass is 491 g/mol. The van der Waals surface area contributed by atoms with E-state index in [9.17, 15) is 4.79 Å². The molecule has 3 aromatic carbocycles. The Hall–Kier alpha value is -3.85. The summed E-state index contributed by atoms with van der Waals surface area (Å²) >= 11 is 0. The number of aliphatic carboxylic acids is 1. The van der Waals surface area contributed by atoms with Crippen LogP contribution in [0.5, 0.6) is 11.5 Å². The number of hydrogen-bond donors (Lipinski definition) is 2. The number of carbonyl (C=O) groups is 1. The number of anilines is 2. The molecule has 0 radical (unpaired) electrons. The number of ether oxygens (including phenoxy) is 2. The first-order valence-corrected chi connectivity index (χ1v) is 10.8. The molecule has 2 aromatic heterocycles. The van der Waals surface area contributed by atoms with Crippen LogP contribution in [0.25, 0.3) is 33.6 Å². The number of carboxylic acids is 1. The first-order valence-electron chi connectivity index (χ1n) is 10.8. The van der Waals surface area contributed by atoms with Gasteiger partial charge in [-0.25, -0.2) is 14.8 Å². The minimum atomic E-state index is -1.04. The van der Waals surface area contributed by atoms with Crippen LogP contribution in [0.2, 0.25) is 0 Å². The SMILES string of the molecule is COc1ccc(-c2c(-c3ccccc3)oc3ncnc(Nc4cccc(OCC(=O)O)c4)c23)cc1.[NaH]. The third-order valence-electron chi connectivity index (χ3n) is 5.36. The Kier molecular flexibility index (Phi) is 7.90. The van der Waals surface area contributed by atoms with Gasteiger partial charge >= 0.3 is 35.5 Å². The van der Waals surface area contributed by atoms with Crippen LogP contribution in [0, 0.1) is 0 Å². The number of carboxylic acid groups (broad SMARTS) is 1. The van der Waals surface area contributed by atoms with Crippen LogP contribution in [0.3, 0.4) is 0 Å². The second-order valence-electron chi connectivity index (χ2n) is 7.64. The molecule has 5 aromatic rings. The van der Waals surface area contributed by atoms with Crippen molar-refractivity contribution in [1.82, 2.24) is 9.97 Å². The third kappa shape index (κ3) is 5.36. The molecule has 0 unspecified atom stereocenters. The molecule has 36 heavy (non-hydrogen) atoms. The van der Waals surface area contributed by atoms with E-state index in [0.29, 0.717) is 34.1 Å². The van der Waals surface area contributed by atoms with Gasteiger partial charge < -0.3 is 24.3 Å². The molecule has 0 aliphatic rings. The van der Waals surface area contributed by atoms with Crippen LogP contribution in [0.4, 0.5) is 11.5 Å². The van der Waals surface area contributed by atoms with Gasteiger partial charge in [0.2, 0.25) is 5.71 Å². The number of hydrogen-bond acceptors (Lipinski definition) is 7. The van der Waals surface area contributed by atoms with Crippen LogP contribution in [0.15, 0.2) is 89.6 Å². The van der Waals surface area contributed by atoms with Gasteiger partial charge in [-0.1, -0.05) is 48.5 Å². The van der Waals surface area contributed by atoms with Crippen molar-refractivity contribution in [3.8, 4) is 33.9 Å². The van der Waals surface area contributed by atoms with E-state index in [-0.39, 0.29) is 29.6 Å². The fourth-order valence-electron chi connectivity index (χ4n) is 3.80. The molecule has 2 N–H and O–H groups in total. The molecule has 0 saturated heterocycles. The average Bonchev–Trinajstić information content (AvgIpc) is 3.29. The van der Waals surface area contributed by atoms with E-state index in [4.69, 9.17) is 19.0 Å². The maximum absolute atomic E-state index is 10.9. The van der Waals surface area contributed by atoms with Crippen molar-refractivity contribution in [2.75, 3.05) is 19.0 Å². The van der Waals surface area contributed by atoms with E-state index in [0.717, 1.165) is 22.4 Å². The number of nitrogens with one attached hydrogen (secondary N) is 1. The Morgan fingerprint density at radius 3 is 2.44 bits per heavy atom. The number of fused-ring (bicyclic) bond motifs is 1. The summed E-state index contributed by atoms with van der Waals surface area (Å²) in [6, 6.07) is 24.5. The van der Waals surface area contributed by atoms with E-state index in [1.54, 1.807) is 25.3 Å². The van der Waals surface area contributed by atoms with E-state index in [1.807, 2.05) is 60.7 Å². The summed E-state index contributed by atoms with van der Waals surface area (Å²) in [6.45, 7) is -0.426. The quantitative estimate of drug-likeness (QED) is 0.288. The van der Waals surface area contributed by atoms with E-state index in [1.165, 1.54) is 6.33 Å². The topological polar surface area (TPSA) is 107 Å². The first-order chi connectivity index (χ1) is 17.1. The van der Waals surface area contributed by atoms with Gasteiger partial charge in [0.1, 0.15) is 29.4 Å². The molecule has 8 nitrogen and oxygen atoms in total. The van der Waals surface area contributed by atoms with Crippen LogP contribution < -0.4 is 14.8 Å². The standard InChI is InChI=1S/C27H21N3O5.Na.H/c1-33-20-12-10-17(11-13-20)23-24-26(30-19-8-5-9-21(14-19)34-15-22(31)32)28-16-29-27(24)35-25(23)18-6-3-2-4-7-18;;/h2-14,16H,15H2,1H3,(H,31,32)(H,28,29,30);;. The van der Waals surface area contributed by atoms with Gasteiger partial charge in [0.05, 0.1) is 12.5 Å². The van der Waals surface area contributed by atoms with Gasteiger partial charge in [0, 0.05) is 22.9 Å². The molecule has 0 fully saturated rings. The normalized spacial score (nSPS) is 10.5. The molecule has 5 rings (SSSR count). The molecular formula is C27H22N3NaO5. The van der Waals surface area contributed by atoms with Crippen LogP contribution in [-0.2, 0) is 4.79 Å². The van der Waals surface area contributed by atoms with Gasteiger partial charge in [-0.05, 0) is 29.8 Å². The summed E-state index contributed by atoms with van der Waals surface area (Å²) in [5.74, 6) is 1.35. The molecule has 0 bridgehead atoms. The summed E-state index contributed by atoms with van der Waals surface area (Å²) in [6.07, 6.45) is 1.44. The zero-order valence-corrected chi connectivity index (χ0v) is 18.8. The van der Waals surface area contributed by atoms with Crippen molar-refractivity contribution in [2.45, 2.75) is 0 Å². The van der Waals surface area contributed by atoms with Gasteiger partial charge in [-0.15, -0.1) is 0 Å². The third-order valence-corrected chi connectivity index (χ3v) is 5.36. The first kappa shape index (κ1) is 25.2. The number of benzene rings is 3. The summed E-state index contributed by atoms with van der Waals surface area (Å²) in [7, 11) is 1.63. The summed E-state index contributed by atoms with van der Waals surface area (Å²) in [5, 5.41) is 12.9. The zero-order valence-electron chi connectivity index (χ0n) is 18.8. The Labute approximate surface area is 229 Å². The van der Waals surface area contributed by atoms with Crippen LogP contribution in [-0.4, -0.2) is 64.3 Å². The minimum absolute atomic E-state index is 0. The van der Waals surface area contributed by atoms with Crippen molar-refractivity contribution in [3.05, 3.63) is 85.2 Å². The molecule has 0 spiro atoms. The Balaban J connectivity index is 0.00000304. The number of furan rings is 1. The van der Waals surface area contributed by atoms with Crippen LogP contribution in [0.1, 0.15) is 0 Å². The molecule has 2 heterocycles. The molecule has 0 amide bonds. The van der Waals surface area contributed by atoms with Crippen molar-refractivity contribution >= 4 is 58.1 Å². The molecule has 0 atom stereocenters. The Morgan fingerprint density at radius 2 is 1.72 bits per heavy atom. The van der Waals surface area contributed by atoms with Gasteiger partial charge in [0.15, 0.2) is 6.61 Å². The zero-order chi connectivity index (χ0) is 24.2.